The fraction of sp³-hybridized carbons (Fsp3) is 0.762. The Morgan fingerprint density at radius 2 is 2.04 bits per heavy atom. The number of nitrogens with two attached hydrogens (primary N) is 2. The number of allylic oxidation sites excluding steroid dienone is 3. The van der Waals surface area contributed by atoms with E-state index in [1.807, 2.05) is 0 Å². The highest BCUT2D eigenvalue weighted by molar-refractivity contribution is 5.71. The lowest BCUT2D eigenvalue weighted by molar-refractivity contribution is 0.0570. The minimum atomic E-state index is -0.375. The number of nitrogens with zero attached hydrogens (tertiary/aromatic N) is 1. The number of carbonyl (C=O) groups excluding carboxylic acids is 1. The van der Waals surface area contributed by atoms with E-state index in [-0.39, 0.29) is 17.6 Å². The van der Waals surface area contributed by atoms with Gasteiger partial charge in [0.15, 0.2) is 0 Å². The zero-order chi connectivity index (χ0) is 19.2. The fourth-order valence-corrected chi connectivity index (χ4v) is 4.48. The van der Waals surface area contributed by atoms with E-state index < -0.39 is 0 Å². The highest BCUT2D eigenvalue weighted by Gasteiger charge is 2.41. The molecule has 0 aromatic carbocycles. The quantitative estimate of drug-likeness (QED) is 0.685. The van der Waals surface area contributed by atoms with Crippen molar-refractivity contribution in [3.63, 3.8) is 0 Å². The van der Waals surface area contributed by atoms with Crippen LogP contribution in [0.4, 0.5) is 4.79 Å². The van der Waals surface area contributed by atoms with Crippen molar-refractivity contribution < 1.29 is 9.53 Å². The van der Waals surface area contributed by atoms with Crippen molar-refractivity contribution in [2.45, 2.75) is 77.4 Å². The average Bonchev–Trinajstić information content (AvgIpc) is 2.62. The van der Waals surface area contributed by atoms with Gasteiger partial charge in [-0.25, -0.2) is 4.79 Å². The number of hydrogen-bond acceptors (Lipinski definition) is 3. The number of amides is 2. The van der Waals surface area contributed by atoms with Gasteiger partial charge < -0.3 is 21.1 Å². The smallest absolute Gasteiger partial charge is 0.314 e. The zero-order valence-corrected chi connectivity index (χ0v) is 16.7. The van der Waals surface area contributed by atoms with Gasteiger partial charge in [0.25, 0.3) is 0 Å². The van der Waals surface area contributed by atoms with Gasteiger partial charge in [0.2, 0.25) is 0 Å². The summed E-state index contributed by atoms with van der Waals surface area (Å²) in [5, 5.41) is 0. The molecule has 0 saturated heterocycles. The Morgan fingerprint density at radius 3 is 2.62 bits per heavy atom. The number of carbonyl (C=O) groups is 1. The Kier molecular flexibility index (Phi) is 7.56. The summed E-state index contributed by atoms with van der Waals surface area (Å²) in [7, 11) is 1.79. The van der Waals surface area contributed by atoms with Crippen LogP contribution in [0.3, 0.4) is 0 Å². The van der Waals surface area contributed by atoms with E-state index >= 15 is 0 Å². The van der Waals surface area contributed by atoms with E-state index in [2.05, 4.69) is 32.1 Å². The first-order valence-electron chi connectivity index (χ1n) is 10.2. The molecular formula is C21H37N3O2. The molecule has 0 radical (unpaired) electrons. The standard InChI is InChI=1S/C21H37N3O2/c1-4-7-18(5-2)26-19-8-6-13-21(14-19,15-24(3)20(23)25)16-9-11-17(22)12-10-16/h6,8,13,16-18H,4-5,7,9-12,14-15,22H2,1-3H3,(H2,23,25)/t16-,17+,18?,21?. The Hall–Kier alpha value is -1.49. The van der Waals surface area contributed by atoms with Gasteiger partial charge in [0, 0.05) is 31.5 Å². The second-order valence-corrected chi connectivity index (χ2v) is 8.14. The number of rotatable bonds is 8. The third kappa shape index (κ3) is 5.26. The predicted octanol–water partition coefficient (Wildman–Crippen LogP) is 3.94. The molecule has 2 aliphatic carbocycles. The van der Waals surface area contributed by atoms with Crippen LogP contribution in [0.2, 0.25) is 0 Å². The van der Waals surface area contributed by atoms with Crippen LogP contribution in [0.15, 0.2) is 24.0 Å². The molecule has 0 bridgehead atoms. The van der Waals surface area contributed by atoms with E-state index in [0.29, 0.717) is 18.5 Å². The van der Waals surface area contributed by atoms with Gasteiger partial charge in [-0.15, -0.1) is 0 Å². The minimum Gasteiger partial charge on any atom is -0.495 e. The normalized spacial score (nSPS) is 29.8. The minimum absolute atomic E-state index is 0.113. The van der Waals surface area contributed by atoms with Crippen molar-refractivity contribution in [3.8, 4) is 0 Å². The molecule has 2 atom stereocenters. The molecular weight excluding hydrogens is 326 g/mol. The topological polar surface area (TPSA) is 81.6 Å². The SMILES string of the molecule is CCCC(CC)OC1=CC=CC(CN(C)C(N)=O)([C@H]2CC[C@@H](N)CC2)C1. The van der Waals surface area contributed by atoms with Crippen LogP contribution >= 0.6 is 0 Å². The summed E-state index contributed by atoms with van der Waals surface area (Å²) in [5.41, 5.74) is 11.5. The molecule has 0 aromatic heterocycles. The van der Waals surface area contributed by atoms with Crippen LogP contribution in [0.25, 0.3) is 0 Å². The maximum Gasteiger partial charge on any atom is 0.314 e. The molecule has 1 fully saturated rings. The first-order chi connectivity index (χ1) is 12.4. The molecule has 1 saturated carbocycles. The van der Waals surface area contributed by atoms with Gasteiger partial charge in [-0.3, -0.25) is 0 Å². The summed E-state index contributed by atoms with van der Waals surface area (Å²) in [6.07, 6.45) is 15.1. The highest BCUT2D eigenvalue weighted by atomic mass is 16.5. The van der Waals surface area contributed by atoms with E-state index in [9.17, 15) is 4.79 Å². The second-order valence-electron chi connectivity index (χ2n) is 8.14. The molecule has 5 nitrogen and oxygen atoms in total. The predicted molar refractivity (Wildman–Crippen MR) is 106 cm³/mol. The molecule has 2 amide bonds. The van der Waals surface area contributed by atoms with Gasteiger partial charge in [0.1, 0.15) is 0 Å². The van der Waals surface area contributed by atoms with Gasteiger partial charge in [-0.2, -0.15) is 0 Å². The molecule has 2 rings (SSSR count). The first-order valence-corrected chi connectivity index (χ1v) is 10.2. The summed E-state index contributed by atoms with van der Waals surface area (Å²) >= 11 is 0. The number of primary amides is 1. The van der Waals surface area contributed by atoms with Crippen LogP contribution in [0.1, 0.15) is 65.2 Å². The molecule has 148 valence electrons. The molecule has 2 unspecified atom stereocenters. The molecule has 0 aromatic rings. The van der Waals surface area contributed by atoms with Crippen molar-refractivity contribution >= 4 is 6.03 Å². The Bertz CT molecular complexity index is 523. The largest absolute Gasteiger partial charge is 0.495 e. The molecule has 0 aliphatic heterocycles. The fourth-order valence-electron chi connectivity index (χ4n) is 4.48. The molecule has 26 heavy (non-hydrogen) atoms. The van der Waals surface area contributed by atoms with E-state index in [4.69, 9.17) is 16.2 Å². The third-order valence-corrected chi connectivity index (χ3v) is 6.09. The zero-order valence-electron chi connectivity index (χ0n) is 16.7. The monoisotopic (exact) mass is 363 g/mol. The van der Waals surface area contributed by atoms with Crippen LogP contribution in [0.5, 0.6) is 0 Å². The summed E-state index contributed by atoms with van der Waals surface area (Å²) < 4.78 is 6.34. The second kappa shape index (κ2) is 9.45. The van der Waals surface area contributed by atoms with Gasteiger partial charge in [0.05, 0.1) is 11.9 Å². The summed E-state index contributed by atoms with van der Waals surface area (Å²) in [6.45, 7) is 5.00. The van der Waals surface area contributed by atoms with Crippen molar-refractivity contribution in [1.29, 1.82) is 0 Å². The number of urea groups is 1. The van der Waals surface area contributed by atoms with Crippen molar-refractivity contribution in [3.05, 3.63) is 24.0 Å². The highest BCUT2D eigenvalue weighted by Crippen LogP contribution is 2.46. The van der Waals surface area contributed by atoms with Gasteiger partial charge in [-0.1, -0.05) is 32.4 Å². The first kappa shape index (κ1) is 20.8. The summed E-state index contributed by atoms with van der Waals surface area (Å²) in [6, 6.07) is -0.0650. The van der Waals surface area contributed by atoms with Crippen molar-refractivity contribution in [1.82, 2.24) is 4.90 Å². The van der Waals surface area contributed by atoms with E-state index in [0.717, 1.165) is 57.1 Å². The molecule has 2 aliphatic rings. The maximum atomic E-state index is 11.7. The van der Waals surface area contributed by atoms with Gasteiger partial charge in [-0.05, 0) is 50.5 Å². The molecule has 0 spiro atoms. The van der Waals surface area contributed by atoms with Crippen LogP contribution in [0, 0.1) is 11.3 Å². The molecule has 5 heteroatoms. The maximum absolute atomic E-state index is 11.7. The lowest BCUT2D eigenvalue weighted by Crippen LogP contribution is -2.47. The third-order valence-electron chi connectivity index (χ3n) is 6.09. The lowest BCUT2D eigenvalue weighted by Gasteiger charge is -2.45. The number of ether oxygens (including phenoxy) is 1. The Balaban J connectivity index is 2.17. The van der Waals surface area contributed by atoms with Crippen molar-refractivity contribution in [2.75, 3.05) is 13.6 Å². The van der Waals surface area contributed by atoms with Gasteiger partial charge >= 0.3 is 6.03 Å². The van der Waals surface area contributed by atoms with Crippen LogP contribution < -0.4 is 11.5 Å². The van der Waals surface area contributed by atoms with Crippen molar-refractivity contribution in [2.24, 2.45) is 22.8 Å². The lowest BCUT2D eigenvalue weighted by atomic mass is 9.64. The Labute approximate surface area is 158 Å². The molecule has 0 heterocycles. The van der Waals surface area contributed by atoms with E-state index in [1.54, 1.807) is 11.9 Å². The summed E-state index contributed by atoms with van der Waals surface area (Å²) in [5.74, 6) is 1.54. The molecule has 4 N–H and O–H groups in total. The van der Waals surface area contributed by atoms with Crippen LogP contribution in [-0.4, -0.2) is 36.7 Å². The Morgan fingerprint density at radius 1 is 1.35 bits per heavy atom. The average molecular weight is 364 g/mol. The summed E-state index contributed by atoms with van der Waals surface area (Å²) in [4.78, 5) is 13.3. The van der Waals surface area contributed by atoms with Crippen LogP contribution in [-0.2, 0) is 4.74 Å². The van der Waals surface area contributed by atoms with E-state index in [1.165, 1.54) is 0 Å². The number of hydrogen-bond donors (Lipinski definition) is 2.